The molecule has 1 aliphatic rings. The van der Waals surface area contributed by atoms with Gasteiger partial charge in [-0.3, -0.25) is 10.1 Å². The summed E-state index contributed by atoms with van der Waals surface area (Å²) in [5.41, 5.74) is 1.10. The molecule has 0 aromatic heterocycles. The van der Waals surface area contributed by atoms with Crippen molar-refractivity contribution in [3.63, 3.8) is 0 Å². The Hall–Kier alpha value is -2.78. The third kappa shape index (κ3) is 6.87. The fourth-order valence-corrected chi connectivity index (χ4v) is 3.70. The number of alkyl halides is 2. The molecule has 1 amide bonds. The van der Waals surface area contributed by atoms with E-state index in [1.54, 1.807) is 24.0 Å². The largest absolute Gasteiger partial charge is 0.483 e. The molecule has 1 heterocycles. The van der Waals surface area contributed by atoms with Crippen molar-refractivity contribution in [2.75, 3.05) is 26.3 Å². The van der Waals surface area contributed by atoms with Gasteiger partial charge in [-0.1, -0.05) is 51.1 Å². The molecule has 1 aliphatic heterocycles. The van der Waals surface area contributed by atoms with Gasteiger partial charge in [-0.05, 0) is 29.2 Å². The van der Waals surface area contributed by atoms with Gasteiger partial charge in [-0.15, -0.1) is 0 Å². The summed E-state index contributed by atoms with van der Waals surface area (Å²) in [5, 5.41) is 13.3. The molecular formula is C25H31F3N2O4. The molecule has 0 saturated heterocycles. The number of carbonyl (C=O) groups is 1. The average Bonchev–Trinajstić information content (AvgIpc) is 2.95. The number of aliphatic hydroxyl groups excluding tert-OH is 1. The maximum atomic E-state index is 14.6. The first-order valence-corrected chi connectivity index (χ1v) is 11.3. The molecule has 9 heteroatoms. The number of hydrogen-bond acceptors (Lipinski definition) is 5. The SMILES string of the molecule is CC(C)CN(Cc1cc(F)c2c(c1)OCC(F)(F)CO2)C(=O)C(C)CNC(O)c1ccccc1. The number of nitrogens with zero attached hydrogens (tertiary/aromatic N) is 1. The summed E-state index contributed by atoms with van der Waals surface area (Å²) in [6, 6.07) is 11.6. The van der Waals surface area contributed by atoms with E-state index in [1.807, 2.05) is 32.0 Å². The van der Waals surface area contributed by atoms with E-state index in [1.165, 1.54) is 12.1 Å². The smallest absolute Gasteiger partial charge is 0.314 e. The highest BCUT2D eigenvalue weighted by molar-refractivity contribution is 5.78. The van der Waals surface area contributed by atoms with E-state index in [-0.39, 0.29) is 36.4 Å². The molecule has 0 aliphatic carbocycles. The van der Waals surface area contributed by atoms with E-state index in [0.29, 0.717) is 17.7 Å². The summed E-state index contributed by atoms with van der Waals surface area (Å²) < 4.78 is 51.9. The fourth-order valence-electron chi connectivity index (χ4n) is 3.70. The molecule has 0 spiro atoms. The van der Waals surface area contributed by atoms with E-state index in [9.17, 15) is 23.1 Å². The molecule has 0 saturated carbocycles. The minimum atomic E-state index is -3.22. The molecule has 2 aromatic carbocycles. The van der Waals surface area contributed by atoms with Gasteiger partial charge in [0.25, 0.3) is 0 Å². The number of aliphatic hydroxyl groups is 1. The number of carbonyl (C=O) groups excluding carboxylic acids is 1. The molecule has 2 N–H and O–H groups in total. The van der Waals surface area contributed by atoms with Crippen LogP contribution in [-0.2, 0) is 11.3 Å². The van der Waals surface area contributed by atoms with Crippen molar-refractivity contribution in [1.29, 1.82) is 0 Å². The van der Waals surface area contributed by atoms with Crippen LogP contribution in [0.4, 0.5) is 13.2 Å². The summed E-state index contributed by atoms with van der Waals surface area (Å²) in [7, 11) is 0. The zero-order valence-electron chi connectivity index (χ0n) is 19.6. The molecule has 3 rings (SSSR count). The van der Waals surface area contributed by atoms with Crippen molar-refractivity contribution in [2.45, 2.75) is 39.5 Å². The summed E-state index contributed by atoms with van der Waals surface area (Å²) in [4.78, 5) is 14.8. The molecule has 6 nitrogen and oxygen atoms in total. The van der Waals surface area contributed by atoms with Gasteiger partial charge in [-0.2, -0.15) is 8.78 Å². The maximum Gasteiger partial charge on any atom is 0.314 e. The highest BCUT2D eigenvalue weighted by Crippen LogP contribution is 2.36. The molecule has 34 heavy (non-hydrogen) atoms. The van der Waals surface area contributed by atoms with Crippen LogP contribution in [0.1, 0.15) is 38.1 Å². The molecular weight excluding hydrogens is 449 g/mol. The van der Waals surface area contributed by atoms with E-state index in [0.717, 1.165) is 0 Å². The summed E-state index contributed by atoms with van der Waals surface area (Å²) in [5.74, 6) is -5.01. The van der Waals surface area contributed by atoms with Crippen LogP contribution in [0.3, 0.4) is 0 Å². The van der Waals surface area contributed by atoms with Crippen LogP contribution in [-0.4, -0.2) is 48.1 Å². The molecule has 0 bridgehead atoms. The van der Waals surface area contributed by atoms with E-state index >= 15 is 0 Å². The van der Waals surface area contributed by atoms with Crippen molar-refractivity contribution >= 4 is 5.91 Å². The van der Waals surface area contributed by atoms with Crippen molar-refractivity contribution in [2.24, 2.45) is 11.8 Å². The highest BCUT2D eigenvalue weighted by Gasteiger charge is 2.36. The first-order chi connectivity index (χ1) is 16.1. The number of nitrogens with one attached hydrogen (secondary N) is 1. The number of benzene rings is 2. The molecule has 0 radical (unpaired) electrons. The average molecular weight is 481 g/mol. The summed E-state index contributed by atoms with van der Waals surface area (Å²) >= 11 is 0. The first kappa shape index (κ1) is 25.8. The van der Waals surface area contributed by atoms with Crippen LogP contribution < -0.4 is 14.8 Å². The normalized spacial score (nSPS) is 16.6. The first-order valence-electron chi connectivity index (χ1n) is 11.3. The van der Waals surface area contributed by atoms with Crippen molar-refractivity contribution < 1.29 is 32.5 Å². The van der Waals surface area contributed by atoms with Gasteiger partial charge in [0.2, 0.25) is 5.91 Å². The second-order valence-corrected chi connectivity index (χ2v) is 9.07. The van der Waals surface area contributed by atoms with Crippen LogP contribution in [0, 0.1) is 17.7 Å². The van der Waals surface area contributed by atoms with Gasteiger partial charge in [0, 0.05) is 25.6 Å². The highest BCUT2D eigenvalue weighted by atomic mass is 19.3. The second-order valence-electron chi connectivity index (χ2n) is 9.07. The van der Waals surface area contributed by atoms with E-state index in [4.69, 9.17) is 9.47 Å². The number of rotatable bonds is 9. The standard InChI is InChI=1S/C25H31F3N2O4/c1-16(2)12-30(24(32)17(3)11-29-23(31)19-7-5-4-6-8-19)13-18-9-20(26)22-21(10-18)33-14-25(27,28)15-34-22/h4-10,16-17,23,29,31H,11-15H2,1-3H3. The Morgan fingerprint density at radius 1 is 1.15 bits per heavy atom. The lowest BCUT2D eigenvalue weighted by molar-refractivity contribution is -0.136. The van der Waals surface area contributed by atoms with Crippen LogP contribution in [0.2, 0.25) is 0 Å². The second kappa shape index (κ2) is 11.1. The van der Waals surface area contributed by atoms with E-state index < -0.39 is 37.1 Å². The topological polar surface area (TPSA) is 71.0 Å². The lowest BCUT2D eigenvalue weighted by Crippen LogP contribution is -2.41. The van der Waals surface area contributed by atoms with Crippen LogP contribution >= 0.6 is 0 Å². The number of ether oxygens (including phenoxy) is 2. The zero-order valence-corrected chi connectivity index (χ0v) is 19.6. The molecule has 2 aromatic rings. The summed E-state index contributed by atoms with van der Waals surface area (Å²) in [6.45, 7) is 4.51. The lowest BCUT2D eigenvalue weighted by Gasteiger charge is -2.28. The lowest BCUT2D eigenvalue weighted by atomic mass is 10.1. The van der Waals surface area contributed by atoms with Gasteiger partial charge in [-0.25, -0.2) is 4.39 Å². The van der Waals surface area contributed by atoms with Gasteiger partial charge >= 0.3 is 5.92 Å². The Kier molecular flexibility index (Phi) is 8.43. The fraction of sp³-hybridized carbons (Fsp3) is 0.480. The van der Waals surface area contributed by atoms with Crippen LogP contribution in [0.25, 0.3) is 0 Å². The molecule has 0 fully saturated rings. The van der Waals surface area contributed by atoms with Gasteiger partial charge in [0.05, 0.1) is 0 Å². The number of amides is 1. The van der Waals surface area contributed by atoms with Gasteiger partial charge in [0.1, 0.15) is 6.23 Å². The quantitative estimate of drug-likeness (QED) is 0.528. The number of halogens is 3. The molecule has 2 unspecified atom stereocenters. The van der Waals surface area contributed by atoms with E-state index in [2.05, 4.69) is 5.32 Å². The number of fused-ring (bicyclic) bond motifs is 1. The minimum Gasteiger partial charge on any atom is -0.483 e. The predicted molar refractivity (Wildman–Crippen MR) is 121 cm³/mol. The minimum absolute atomic E-state index is 0.0759. The van der Waals surface area contributed by atoms with Crippen molar-refractivity contribution in [3.05, 3.63) is 59.4 Å². The molecule has 2 atom stereocenters. The Balaban J connectivity index is 1.70. The Morgan fingerprint density at radius 3 is 2.50 bits per heavy atom. The third-order valence-electron chi connectivity index (χ3n) is 5.36. The maximum absolute atomic E-state index is 14.6. The van der Waals surface area contributed by atoms with Gasteiger partial charge in [0.15, 0.2) is 30.5 Å². The van der Waals surface area contributed by atoms with Gasteiger partial charge < -0.3 is 19.5 Å². The molecule has 186 valence electrons. The van der Waals surface area contributed by atoms with Crippen LogP contribution in [0.5, 0.6) is 11.5 Å². The predicted octanol–water partition coefficient (Wildman–Crippen LogP) is 4.13. The third-order valence-corrected chi connectivity index (χ3v) is 5.36. The van der Waals surface area contributed by atoms with Crippen molar-refractivity contribution in [1.82, 2.24) is 10.2 Å². The van der Waals surface area contributed by atoms with Crippen molar-refractivity contribution in [3.8, 4) is 11.5 Å². The monoisotopic (exact) mass is 480 g/mol. The summed E-state index contributed by atoms with van der Waals surface area (Å²) in [6.07, 6.45) is -0.913. The Morgan fingerprint density at radius 2 is 1.82 bits per heavy atom. The van der Waals surface area contributed by atoms with Crippen LogP contribution in [0.15, 0.2) is 42.5 Å². The Bertz CT molecular complexity index is 972. The number of hydrogen-bond donors (Lipinski definition) is 2. The Labute approximate surface area is 197 Å². The zero-order chi connectivity index (χ0) is 24.9.